The van der Waals surface area contributed by atoms with E-state index in [0.717, 1.165) is 16.7 Å². The standard InChI is InChI=1S/C37H37F5N2O5/c1-20-27(18-44(3)21(2)34(46)24-7-5-4-6-8-24)48-37(49-35(20)25-13-11-23(19-45)12-14-25)26-15-9-22(10-16-26)17-43-36(47)28-29(38)31(40)33(42)32(41)30(28)39/h4-16,20-21,27,34-35,37,45-46H,17-19H2,1-3H3,(H,43,47)/t20-,21+,27+,34+,35+,37+/m0/s1. The Morgan fingerprint density at radius 3 is 1.96 bits per heavy atom. The van der Waals surface area contributed by atoms with E-state index in [4.69, 9.17) is 9.47 Å². The second-order valence-electron chi connectivity index (χ2n) is 12.2. The predicted molar refractivity (Wildman–Crippen MR) is 170 cm³/mol. The number of ether oxygens (including phenoxy) is 2. The van der Waals surface area contributed by atoms with Crippen molar-refractivity contribution < 1.29 is 46.4 Å². The van der Waals surface area contributed by atoms with E-state index in [1.807, 2.05) is 80.4 Å². The zero-order valence-electron chi connectivity index (χ0n) is 27.0. The van der Waals surface area contributed by atoms with Gasteiger partial charge in [-0.1, -0.05) is 85.8 Å². The Bertz CT molecular complexity index is 1710. The van der Waals surface area contributed by atoms with Crippen LogP contribution in [0.25, 0.3) is 0 Å². The quantitative estimate of drug-likeness (QED) is 0.0932. The molecule has 1 amide bonds. The van der Waals surface area contributed by atoms with Crippen LogP contribution in [-0.4, -0.2) is 46.8 Å². The fourth-order valence-corrected chi connectivity index (χ4v) is 5.82. The highest BCUT2D eigenvalue weighted by atomic mass is 19.2. The van der Waals surface area contributed by atoms with E-state index in [2.05, 4.69) is 5.32 Å². The molecule has 1 aliphatic rings. The van der Waals surface area contributed by atoms with Gasteiger partial charge in [0.25, 0.3) is 5.91 Å². The summed E-state index contributed by atoms with van der Waals surface area (Å²) in [6.07, 6.45) is -2.32. The van der Waals surface area contributed by atoms with Gasteiger partial charge in [-0.3, -0.25) is 9.69 Å². The molecule has 260 valence electrons. The van der Waals surface area contributed by atoms with Crippen molar-refractivity contribution >= 4 is 5.91 Å². The van der Waals surface area contributed by atoms with Crippen LogP contribution in [0.4, 0.5) is 22.0 Å². The van der Waals surface area contributed by atoms with Gasteiger partial charge in [-0.2, -0.15) is 0 Å². The van der Waals surface area contributed by atoms with E-state index >= 15 is 0 Å². The first-order valence-corrected chi connectivity index (χ1v) is 15.7. The number of hydrogen-bond donors (Lipinski definition) is 3. The third kappa shape index (κ3) is 7.84. The van der Waals surface area contributed by atoms with Gasteiger partial charge in [0.05, 0.1) is 24.9 Å². The van der Waals surface area contributed by atoms with Crippen molar-refractivity contribution in [3.8, 4) is 0 Å². The second kappa shape index (κ2) is 15.6. The van der Waals surface area contributed by atoms with Crippen LogP contribution in [0, 0.1) is 35.0 Å². The number of carbonyl (C=O) groups excluding carboxylic acids is 1. The van der Waals surface area contributed by atoms with Gasteiger partial charge in [-0.05, 0) is 36.2 Å². The molecule has 0 spiro atoms. The van der Waals surface area contributed by atoms with E-state index < -0.39 is 59.1 Å². The number of carbonyl (C=O) groups is 1. The lowest BCUT2D eigenvalue weighted by atomic mass is 9.89. The van der Waals surface area contributed by atoms with Crippen molar-refractivity contribution in [2.45, 2.75) is 57.6 Å². The highest BCUT2D eigenvalue weighted by Crippen LogP contribution is 2.42. The first-order valence-electron chi connectivity index (χ1n) is 15.7. The van der Waals surface area contributed by atoms with Crippen molar-refractivity contribution in [2.75, 3.05) is 13.6 Å². The molecule has 1 heterocycles. The van der Waals surface area contributed by atoms with E-state index in [0.29, 0.717) is 17.7 Å². The molecular weight excluding hydrogens is 647 g/mol. The van der Waals surface area contributed by atoms with Crippen LogP contribution in [0.5, 0.6) is 0 Å². The van der Waals surface area contributed by atoms with Crippen LogP contribution in [0.1, 0.15) is 70.5 Å². The SMILES string of the molecule is C[C@H]1[C@@H](CN(C)[C@H](C)[C@@H](O)c2ccccc2)O[C@@H](c2ccc(CNC(=O)c3c(F)c(F)c(F)c(F)c3F)cc2)O[C@H]1c1ccc(CO)cc1. The number of halogens is 5. The van der Waals surface area contributed by atoms with Crippen molar-refractivity contribution in [3.05, 3.63) is 141 Å². The molecule has 5 rings (SSSR count). The van der Waals surface area contributed by atoms with E-state index in [1.165, 1.54) is 0 Å². The first kappa shape index (κ1) is 36.1. The van der Waals surface area contributed by atoms with Gasteiger partial charge in [0.1, 0.15) is 5.56 Å². The maximum absolute atomic E-state index is 14.1. The average molecular weight is 685 g/mol. The number of benzene rings is 4. The molecule has 6 atom stereocenters. The molecule has 1 fully saturated rings. The number of nitrogens with zero attached hydrogens (tertiary/aromatic N) is 1. The van der Waals surface area contributed by atoms with Gasteiger partial charge >= 0.3 is 0 Å². The average Bonchev–Trinajstić information content (AvgIpc) is 3.13. The summed E-state index contributed by atoms with van der Waals surface area (Å²) in [5.41, 5.74) is 1.97. The molecule has 0 bridgehead atoms. The van der Waals surface area contributed by atoms with Gasteiger partial charge in [0.15, 0.2) is 29.6 Å². The Kier molecular flexibility index (Phi) is 11.5. The number of likely N-dealkylation sites (N-methyl/N-ethyl adjacent to an activating group) is 1. The third-order valence-corrected chi connectivity index (χ3v) is 9.03. The first-order chi connectivity index (χ1) is 23.4. The fourth-order valence-electron chi connectivity index (χ4n) is 5.82. The molecule has 0 aliphatic carbocycles. The molecule has 1 aliphatic heterocycles. The largest absolute Gasteiger partial charge is 0.392 e. The minimum absolute atomic E-state index is 0.101. The molecule has 7 nitrogen and oxygen atoms in total. The maximum Gasteiger partial charge on any atom is 0.257 e. The third-order valence-electron chi connectivity index (χ3n) is 9.03. The number of hydrogen-bond acceptors (Lipinski definition) is 6. The Balaban J connectivity index is 1.33. The molecule has 1 saturated heterocycles. The Morgan fingerprint density at radius 2 is 1.37 bits per heavy atom. The van der Waals surface area contributed by atoms with Gasteiger partial charge in [0, 0.05) is 30.6 Å². The van der Waals surface area contributed by atoms with Gasteiger partial charge in [0.2, 0.25) is 5.82 Å². The summed E-state index contributed by atoms with van der Waals surface area (Å²) >= 11 is 0. The lowest BCUT2D eigenvalue weighted by molar-refractivity contribution is -0.276. The number of aliphatic hydroxyl groups excluding tert-OH is 2. The molecule has 0 aromatic heterocycles. The van der Waals surface area contributed by atoms with Crippen LogP contribution in [0.2, 0.25) is 0 Å². The predicted octanol–water partition coefficient (Wildman–Crippen LogP) is 6.65. The summed E-state index contributed by atoms with van der Waals surface area (Å²) in [6.45, 7) is 4.05. The summed E-state index contributed by atoms with van der Waals surface area (Å²) < 4.78 is 81.8. The van der Waals surface area contributed by atoms with Crippen LogP contribution in [-0.2, 0) is 22.6 Å². The zero-order chi connectivity index (χ0) is 35.4. The minimum atomic E-state index is -2.35. The molecule has 4 aromatic carbocycles. The topological polar surface area (TPSA) is 91.3 Å². The Morgan fingerprint density at radius 1 is 0.816 bits per heavy atom. The zero-order valence-corrected chi connectivity index (χ0v) is 27.0. The molecule has 4 aromatic rings. The van der Waals surface area contributed by atoms with Gasteiger partial charge < -0.3 is 25.0 Å². The smallest absolute Gasteiger partial charge is 0.257 e. The molecular formula is C37H37F5N2O5. The monoisotopic (exact) mass is 684 g/mol. The van der Waals surface area contributed by atoms with Gasteiger partial charge in [-0.25, -0.2) is 22.0 Å². The van der Waals surface area contributed by atoms with Gasteiger partial charge in [-0.15, -0.1) is 0 Å². The molecule has 12 heteroatoms. The molecule has 49 heavy (non-hydrogen) atoms. The van der Waals surface area contributed by atoms with Crippen molar-refractivity contribution in [3.63, 3.8) is 0 Å². The lowest BCUT2D eigenvalue weighted by Crippen LogP contribution is -2.46. The van der Waals surface area contributed by atoms with E-state index in [-0.39, 0.29) is 31.2 Å². The molecule has 3 N–H and O–H groups in total. The molecule has 0 saturated carbocycles. The number of nitrogens with one attached hydrogen (secondary N) is 1. The number of rotatable bonds is 11. The second-order valence-corrected chi connectivity index (χ2v) is 12.2. The van der Waals surface area contributed by atoms with E-state index in [1.54, 1.807) is 24.3 Å². The summed E-state index contributed by atoms with van der Waals surface area (Å²) in [5.74, 6) is -12.8. The van der Waals surface area contributed by atoms with Crippen LogP contribution in [0.3, 0.4) is 0 Å². The molecule has 0 radical (unpaired) electrons. The lowest BCUT2D eigenvalue weighted by Gasteiger charge is -2.43. The minimum Gasteiger partial charge on any atom is -0.392 e. The number of aliphatic hydroxyl groups is 2. The normalized spacial score (nSPS) is 20.6. The van der Waals surface area contributed by atoms with Crippen LogP contribution >= 0.6 is 0 Å². The summed E-state index contributed by atoms with van der Waals surface area (Å²) in [6, 6.07) is 23.2. The van der Waals surface area contributed by atoms with Crippen molar-refractivity contribution in [2.24, 2.45) is 5.92 Å². The van der Waals surface area contributed by atoms with Crippen LogP contribution < -0.4 is 5.32 Å². The van der Waals surface area contributed by atoms with Crippen molar-refractivity contribution in [1.29, 1.82) is 0 Å². The number of amides is 1. The Labute approximate surface area is 280 Å². The summed E-state index contributed by atoms with van der Waals surface area (Å²) in [7, 11) is 1.91. The summed E-state index contributed by atoms with van der Waals surface area (Å²) in [5, 5.41) is 22.8. The van der Waals surface area contributed by atoms with Crippen LogP contribution in [0.15, 0.2) is 78.9 Å². The highest BCUT2D eigenvalue weighted by molar-refractivity contribution is 5.94. The molecule has 0 unspecified atom stereocenters. The van der Waals surface area contributed by atoms with Crippen molar-refractivity contribution in [1.82, 2.24) is 10.2 Å². The summed E-state index contributed by atoms with van der Waals surface area (Å²) in [4.78, 5) is 14.4. The maximum atomic E-state index is 14.1. The van der Waals surface area contributed by atoms with E-state index in [9.17, 15) is 37.0 Å². The fraction of sp³-hybridized carbons (Fsp3) is 0.324. The highest BCUT2D eigenvalue weighted by Gasteiger charge is 2.39. The Hall–Kier alpha value is -4.20.